The summed E-state index contributed by atoms with van der Waals surface area (Å²) in [6, 6.07) is 20.2. The summed E-state index contributed by atoms with van der Waals surface area (Å²) in [6.07, 6.45) is 1.21. The van der Waals surface area contributed by atoms with Crippen LogP contribution in [0.2, 0.25) is 58.4 Å². The second kappa shape index (κ2) is 9.34. The summed E-state index contributed by atoms with van der Waals surface area (Å²) >= 11 is 0. The number of hydrogen-bond donors (Lipinski definition) is 0. The van der Waals surface area contributed by atoms with Crippen LogP contribution in [-0.2, 0) is 0 Å². The Morgan fingerprint density at radius 1 is 0.647 bits per heavy atom. The molecule has 0 N–H and O–H groups in total. The van der Waals surface area contributed by atoms with E-state index in [1.54, 1.807) is 11.1 Å². The van der Waals surface area contributed by atoms with Crippen molar-refractivity contribution in [1.29, 1.82) is 0 Å². The molecule has 3 rings (SSSR count). The maximum atomic E-state index is 2.74. The summed E-state index contributed by atoms with van der Waals surface area (Å²) in [7, 11) is -6.60. The van der Waals surface area contributed by atoms with Gasteiger partial charge in [0.05, 0.1) is 15.2 Å². The van der Waals surface area contributed by atoms with Gasteiger partial charge in [-0.15, -0.1) is 0 Å². The minimum atomic E-state index is -1.88. The molecule has 2 aromatic rings. The molecule has 0 spiro atoms. The highest BCUT2D eigenvalue weighted by Gasteiger charge is 2.64. The van der Waals surface area contributed by atoms with Gasteiger partial charge in [-0.05, 0) is 42.5 Å². The van der Waals surface area contributed by atoms with E-state index in [4.69, 9.17) is 0 Å². The van der Waals surface area contributed by atoms with Crippen molar-refractivity contribution in [2.75, 3.05) is 0 Å². The molecule has 1 aliphatic rings. The Hall–Kier alpha value is -1.21. The maximum absolute atomic E-state index is 2.74. The normalized spacial score (nSPS) is 17.1. The molecule has 0 aliphatic carbocycles. The molecule has 184 valence electrons. The zero-order chi connectivity index (χ0) is 25.7. The van der Waals surface area contributed by atoms with Gasteiger partial charge in [0.1, 0.15) is 0 Å². The molecule has 0 aromatic heterocycles. The first-order valence-electron chi connectivity index (χ1n) is 13.3. The van der Waals surface area contributed by atoms with Gasteiger partial charge in [-0.2, -0.15) is 0 Å². The van der Waals surface area contributed by atoms with Crippen molar-refractivity contribution in [3.05, 3.63) is 80.8 Å². The molecule has 0 unspecified atom stereocenters. The molecule has 4 heteroatoms. The van der Waals surface area contributed by atoms with Crippen LogP contribution in [0.15, 0.2) is 58.5 Å². The Kier molecular flexibility index (Phi) is 7.52. The first kappa shape index (κ1) is 27.4. The van der Waals surface area contributed by atoms with Gasteiger partial charge in [-0.3, -0.25) is 0 Å². The summed E-state index contributed by atoms with van der Waals surface area (Å²) in [5, 5.41) is 1.91. The molecule has 0 atom stereocenters. The SMILES string of the molecule is CCC1=C(c2cccc(C)c2)C(c2cccc(C)c2)=C([Si](C)(C)CC)[Si]1([Si](C)(C)C)[Si](C)(C)C. The largest absolute Gasteiger partial charge is 0.0909 e. The fourth-order valence-corrected chi connectivity index (χ4v) is 73.6. The summed E-state index contributed by atoms with van der Waals surface area (Å²) < 4.78 is 0. The molecular weight excluding hydrogens is 473 g/mol. The van der Waals surface area contributed by atoms with E-state index in [-0.39, 0.29) is 0 Å². The van der Waals surface area contributed by atoms with E-state index in [0.717, 1.165) is 0 Å². The predicted octanol–water partition coefficient (Wildman–Crippen LogP) is 9.56. The minimum absolute atomic E-state index is 1.21. The fraction of sp³-hybridized carbons (Fsp3) is 0.467. The van der Waals surface area contributed by atoms with Gasteiger partial charge in [0.2, 0.25) is 0 Å². The number of benzene rings is 2. The highest BCUT2D eigenvalue weighted by molar-refractivity contribution is 7.75. The standard InChI is InChI=1S/C30H48Si4/c1-13-27-28(25-19-15-17-23(3)21-25)29(26-20-16-18-24(4)22-26)30(33(11,12)14-2)34(27,31(5,6)7)32(8,9)10/h15-22H,13-14H2,1-12H3. The Morgan fingerprint density at radius 3 is 1.44 bits per heavy atom. The van der Waals surface area contributed by atoms with Gasteiger partial charge in [-0.25, -0.2) is 0 Å². The van der Waals surface area contributed by atoms with E-state index in [9.17, 15) is 0 Å². The van der Waals surface area contributed by atoms with Crippen LogP contribution in [0, 0.1) is 13.8 Å². The van der Waals surface area contributed by atoms with Gasteiger partial charge < -0.3 is 0 Å². The van der Waals surface area contributed by atoms with Crippen molar-refractivity contribution in [1.82, 2.24) is 0 Å². The lowest BCUT2D eigenvalue weighted by molar-refractivity contribution is 1.19. The van der Waals surface area contributed by atoms with Gasteiger partial charge >= 0.3 is 0 Å². The van der Waals surface area contributed by atoms with Gasteiger partial charge in [0.15, 0.2) is 0 Å². The summed E-state index contributed by atoms with van der Waals surface area (Å²) in [6.45, 7) is 31.3. The average Bonchev–Trinajstić information content (AvgIpc) is 3.07. The molecule has 2 aromatic carbocycles. The van der Waals surface area contributed by atoms with Crippen molar-refractivity contribution < 1.29 is 0 Å². The number of aryl methyl sites for hydroxylation is 2. The van der Waals surface area contributed by atoms with Crippen LogP contribution in [-0.4, -0.2) is 30.4 Å². The third-order valence-electron chi connectivity index (χ3n) is 8.41. The van der Waals surface area contributed by atoms with Gasteiger partial charge in [-0.1, -0.05) is 142 Å². The predicted molar refractivity (Wildman–Crippen MR) is 167 cm³/mol. The highest BCUT2D eigenvalue weighted by Crippen LogP contribution is 2.58. The first-order chi connectivity index (χ1) is 15.6. The second-order valence-electron chi connectivity index (χ2n) is 13.2. The van der Waals surface area contributed by atoms with E-state index in [0.29, 0.717) is 0 Å². The molecule has 34 heavy (non-hydrogen) atoms. The van der Waals surface area contributed by atoms with E-state index >= 15 is 0 Å². The van der Waals surface area contributed by atoms with Crippen LogP contribution >= 0.6 is 0 Å². The second-order valence-corrected chi connectivity index (χ2v) is 45.3. The summed E-state index contributed by atoms with van der Waals surface area (Å²) in [4.78, 5) is 2.04. The van der Waals surface area contributed by atoms with Crippen molar-refractivity contribution in [3.8, 4) is 0 Å². The van der Waals surface area contributed by atoms with E-state index in [1.807, 2.05) is 10.0 Å². The molecule has 1 aliphatic heterocycles. The molecular formula is C30H48Si4. The number of allylic oxidation sites excluding steroid dienone is 3. The van der Waals surface area contributed by atoms with Gasteiger partial charge in [0, 0.05) is 15.2 Å². The smallest absolute Gasteiger partial charge is 0.0822 e. The van der Waals surface area contributed by atoms with E-state index in [1.165, 1.54) is 34.7 Å². The van der Waals surface area contributed by atoms with Crippen molar-refractivity contribution in [3.63, 3.8) is 0 Å². The molecule has 0 nitrogen and oxygen atoms in total. The zero-order valence-electron chi connectivity index (χ0n) is 24.0. The molecule has 1 heterocycles. The Balaban J connectivity index is 2.70. The third kappa shape index (κ3) is 4.29. The minimum Gasteiger partial charge on any atom is -0.0822 e. The molecule has 0 bridgehead atoms. The lowest BCUT2D eigenvalue weighted by atomic mass is 9.91. The van der Waals surface area contributed by atoms with Crippen LogP contribution in [0.4, 0.5) is 0 Å². The lowest BCUT2D eigenvalue weighted by Gasteiger charge is -2.55. The summed E-state index contributed by atoms with van der Waals surface area (Å²) in [5.74, 6) is 0. The Bertz CT molecular complexity index is 1120. The number of rotatable bonds is 7. The van der Waals surface area contributed by atoms with Crippen LogP contribution in [0.25, 0.3) is 11.1 Å². The monoisotopic (exact) mass is 520 g/mol. The van der Waals surface area contributed by atoms with E-state index in [2.05, 4.69) is 129 Å². The quantitative estimate of drug-likeness (QED) is 0.319. The molecule has 0 saturated heterocycles. The first-order valence-corrected chi connectivity index (χ1v) is 27.5. The van der Waals surface area contributed by atoms with Crippen molar-refractivity contribution in [2.45, 2.75) is 92.5 Å². The Labute approximate surface area is 214 Å². The summed E-state index contributed by atoms with van der Waals surface area (Å²) in [5.41, 5.74) is 9.04. The van der Waals surface area contributed by atoms with Gasteiger partial charge in [0.25, 0.3) is 0 Å². The van der Waals surface area contributed by atoms with Crippen LogP contribution in [0.5, 0.6) is 0 Å². The van der Waals surface area contributed by atoms with Crippen molar-refractivity contribution in [2.24, 2.45) is 0 Å². The molecule has 0 saturated carbocycles. The van der Waals surface area contributed by atoms with Crippen LogP contribution < -0.4 is 0 Å². The third-order valence-corrected chi connectivity index (χ3v) is 53.8. The highest BCUT2D eigenvalue weighted by atomic mass is 29.6. The molecule has 0 amide bonds. The van der Waals surface area contributed by atoms with Crippen LogP contribution in [0.3, 0.4) is 0 Å². The Morgan fingerprint density at radius 2 is 1.09 bits per heavy atom. The van der Waals surface area contributed by atoms with Crippen LogP contribution in [0.1, 0.15) is 42.5 Å². The zero-order valence-corrected chi connectivity index (χ0v) is 28.0. The average molecular weight is 521 g/mol. The van der Waals surface area contributed by atoms with E-state index < -0.39 is 30.4 Å². The molecule has 0 fully saturated rings. The maximum Gasteiger partial charge on any atom is 0.0909 e. The lowest BCUT2D eigenvalue weighted by Crippen LogP contribution is -2.76. The number of hydrogen-bond acceptors (Lipinski definition) is 0. The fourth-order valence-electron chi connectivity index (χ4n) is 7.26. The topological polar surface area (TPSA) is 0 Å². The molecule has 0 radical (unpaired) electrons. The van der Waals surface area contributed by atoms with Crippen molar-refractivity contribution >= 4 is 41.5 Å².